The molecule has 0 spiro atoms. The van der Waals surface area contributed by atoms with Crippen LogP contribution in [0.3, 0.4) is 0 Å². The van der Waals surface area contributed by atoms with Gasteiger partial charge in [-0.15, -0.1) is 11.8 Å². The number of likely N-dealkylation sites (N-methyl/N-ethyl adjacent to an activating group) is 1. The van der Waals surface area contributed by atoms with Crippen LogP contribution in [0.4, 0.5) is 10.1 Å². The van der Waals surface area contributed by atoms with Crippen molar-refractivity contribution >= 4 is 33.4 Å². The van der Waals surface area contributed by atoms with E-state index in [4.69, 9.17) is 9.84 Å². The fraction of sp³-hybridized carbons (Fsp3) is 0.609. The molecule has 0 radical (unpaired) electrons. The average Bonchev–Trinajstić information content (AvgIpc) is 2.77. The number of carboxylic acids is 1. The van der Waals surface area contributed by atoms with Crippen LogP contribution in [0, 0.1) is 5.92 Å². The van der Waals surface area contributed by atoms with Gasteiger partial charge < -0.3 is 14.7 Å². The number of anilines is 1. The van der Waals surface area contributed by atoms with Gasteiger partial charge in [0, 0.05) is 31.2 Å². The lowest BCUT2D eigenvalue weighted by atomic mass is 9.49. The van der Waals surface area contributed by atoms with Gasteiger partial charge in [-0.25, -0.2) is 13.2 Å². The van der Waals surface area contributed by atoms with Crippen LogP contribution in [-0.4, -0.2) is 54.7 Å². The van der Waals surface area contributed by atoms with Crippen molar-refractivity contribution < 1.29 is 27.4 Å². The Kier molecular flexibility index (Phi) is 6.72. The molecule has 7 nitrogen and oxygen atoms in total. The van der Waals surface area contributed by atoms with Gasteiger partial charge in [-0.1, -0.05) is 26.7 Å². The number of unbranched alkanes of at least 4 members (excludes halogenated alkanes) is 1. The van der Waals surface area contributed by atoms with E-state index >= 15 is 0 Å². The molecule has 1 N–H and O–H groups in total. The Hall–Kier alpha value is -1.78. The zero-order valence-corrected chi connectivity index (χ0v) is 20.8. The highest BCUT2D eigenvalue weighted by Crippen LogP contribution is 2.62. The number of ether oxygens (including phenoxy) is 1. The quantitative estimate of drug-likeness (QED) is 0.302. The maximum atomic E-state index is 13.7. The number of carboxylic acid groups (broad SMARTS) is 1. The number of hydrogen-bond acceptors (Lipinski definition) is 6. The van der Waals surface area contributed by atoms with Gasteiger partial charge in [0.25, 0.3) is 0 Å². The SMILES string of the molecule is CCCC[C@@H]1CN(C23CC(C2)C3)c2cc(SCC)c(O/C=C(\F)C(=O)O)cc2S(=O)(=O)N1C. The first-order valence-electron chi connectivity index (χ1n) is 11.4. The van der Waals surface area contributed by atoms with Crippen LogP contribution in [0.25, 0.3) is 0 Å². The fourth-order valence-corrected chi connectivity index (χ4v) is 7.49. The van der Waals surface area contributed by atoms with E-state index in [-0.39, 0.29) is 22.2 Å². The second kappa shape index (κ2) is 9.11. The summed E-state index contributed by atoms with van der Waals surface area (Å²) in [6.45, 7) is 4.69. The molecular weight excluding hydrogens is 467 g/mol. The summed E-state index contributed by atoms with van der Waals surface area (Å²) in [5, 5.41) is 8.80. The largest absolute Gasteiger partial charge is 0.476 e. The lowest BCUT2D eigenvalue weighted by Crippen LogP contribution is -2.69. The second-order valence-electron chi connectivity index (χ2n) is 9.22. The van der Waals surface area contributed by atoms with Gasteiger partial charge in [-0.2, -0.15) is 8.70 Å². The van der Waals surface area contributed by atoms with E-state index in [9.17, 15) is 17.6 Å². The van der Waals surface area contributed by atoms with E-state index < -0.39 is 21.8 Å². The van der Waals surface area contributed by atoms with Gasteiger partial charge in [-0.05, 0) is 43.4 Å². The summed E-state index contributed by atoms with van der Waals surface area (Å²) >= 11 is 1.45. The number of hydrogen-bond donors (Lipinski definition) is 1. The average molecular weight is 499 g/mol. The minimum absolute atomic E-state index is 0.0103. The van der Waals surface area contributed by atoms with Crippen molar-refractivity contribution in [2.24, 2.45) is 5.92 Å². The predicted octanol–water partition coefficient (Wildman–Crippen LogP) is 4.62. The summed E-state index contributed by atoms with van der Waals surface area (Å²) in [4.78, 5) is 13.9. The maximum Gasteiger partial charge on any atom is 0.368 e. The summed E-state index contributed by atoms with van der Waals surface area (Å²) in [7, 11) is -2.21. The molecule has 0 amide bonds. The normalized spacial score (nSPS) is 28.4. The molecular formula is C23H31FN2O5S2. The number of thioether (sulfide) groups is 1. The topological polar surface area (TPSA) is 87.1 Å². The Balaban J connectivity index is 1.84. The zero-order chi connectivity index (χ0) is 24.0. The molecule has 1 heterocycles. The number of nitrogens with zero attached hydrogens (tertiary/aromatic N) is 2. The molecule has 1 atom stereocenters. The van der Waals surface area contributed by atoms with Gasteiger partial charge in [-0.3, -0.25) is 0 Å². The van der Waals surface area contributed by atoms with E-state index in [1.807, 2.05) is 13.0 Å². The van der Waals surface area contributed by atoms with Gasteiger partial charge in [0.2, 0.25) is 15.9 Å². The standard InChI is InChI=1S/C23H31FN2O5S2/c1-4-6-7-16-13-26(23-10-15(11-23)12-23)18-8-20(32-5-2)19(31-14-17(24)22(27)28)9-21(18)33(29,30)25(16)3/h8-9,14-16H,4-7,10-13H2,1-3H3,(H,27,28)/b17-14-/t15?,16-,23?/m1/s1. The smallest absolute Gasteiger partial charge is 0.368 e. The van der Waals surface area contributed by atoms with E-state index in [0.29, 0.717) is 29.1 Å². The van der Waals surface area contributed by atoms with Crippen molar-refractivity contribution in [2.45, 2.75) is 73.7 Å². The van der Waals surface area contributed by atoms with Crippen molar-refractivity contribution in [2.75, 3.05) is 24.2 Å². The molecule has 1 aromatic carbocycles. The molecule has 0 aromatic heterocycles. The maximum absolute atomic E-state index is 13.7. The lowest BCUT2D eigenvalue weighted by Gasteiger charge is -2.67. The Labute approximate surface area is 199 Å². The molecule has 2 bridgehead atoms. The molecule has 0 unspecified atom stereocenters. The first-order valence-corrected chi connectivity index (χ1v) is 13.9. The highest BCUT2D eigenvalue weighted by molar-refractivity contribution is 7.99. The molecule has 182 valence electrons. The molecule has 3 saturated carbocycles. The van der Waals surface area contributed by atoms with Crippen molar-refractivity contribution in [1.82, 2.24) is 4.31 Å². The molecule has 3 aliphatic carbocycles. The molecule has 4 aliphatic rings. The minimum Gasteiger partial charge on any atom is -0.476 e. The molecule has 0 saturated heterocycles. The lowest BCUT2D eigenvalue weighted by molar-refractivity contribution is -0.134. The van der Waals surface area contributed by atoms with Crippen LogP contribution in [0.2, 0.25) is 0 Å². The van der Waals surface area contributed by atoms with Crippen LogP contribution in [0.1, 0.15) is 52.4 Å². The Bertz CT molecular complexity index is 1060. The summed E-state index contributed by atoms with van der Waals surface area (Å²) in [5.41, 5.74) is 0.682. The fourth-order valence-electron chi connectivity index (χ4n) is 5.17. The minimum atomic E-state index is -3.83. The van der Waals surface area contributed by atoms with E-state index in [1.165, 1.54) is 22.1 Å². The molecule has 1 aromatic rings. The monoisotopic (exact) mass is 498 g/mol. The Morgan fingerprint density at radius 3 is 2.58 bits per heavy atom. The molecule has 10 heteroatoms. The first-order chi connectivity index (χ1) is 15.6. The van der Waals surface area contributed by atoms with Crippen molar-refractivity contribution in [1.29, 1.82) is 0 Å². The van der Waals surface area contributed by atoms with E-state index in [2.05, 4.69) is 11.8 Å². The van der Waals surface area contributed by atoms with Gasteiger partial charge in [0.15, 0.2) is 0 Å². The summed E-state index contributed by atoms with van der Waals surface area (Å²) in [6.07, 6.45) is 6.46. The van der Waals surface area contributed by atoms with Gasteiger partial charge in [0.05, 0.1) is 10.6 Å². The third kappa shape index (κ3) is 4.25. The van der Waals surface area contributed by atoms with Gasteiger partial charge in [0.1, 0.15) is 16.9 Å². The third-order valence-electron chi connectivity index (χ3n) is 7.14. The highest BCUT2D eigenvalue weighted by atomic mass is 32.2. The number of halogens is 1. The number of aliphatic carboxylic acids is 1. The number of sulfonamides is 1. The zero-order valence-electron chi connectivity index (χ0n) is 19.2. The second-order valence-corrected chi connectivity index (χ2v) is 12.5. The first kappa shape index (κ1) is 24.3. The Morgan fingerprint density at radius 2 is 2.03 bits per heavy atom. The van der Waals surface area contributed by atoms with Crippen LogP contribution < -0.4 is 9.64 Å². The highest BCUT2D eigenvalue weighted by Gasteiger charge is 2.61. The summed E-state index contributed by atoms with van der Waals surface area (Å²) < 4.78 is 47.8. The van der Waals surface area contributed by atoms with E-state index in [0.717, 1.165) is 44.4 Å². The summed E-state index contributed by atoms with van der Waals surface area (Å²) in [5.74, 6) is -1.63. The summed E-state index contributed by atoms with van der Waals surface area (Å²) in [6, 6.07) is 3.12. The van der Waals surface area contributed by atoms with Crippen molar-refractivity contribution in [3.63, 3.8) is 0 Å². The van der Waals surface area contributed by atoms with E-state index in [1.54, 1.807) is 7.05 Å². The van der Waals surface area contributed by atoms with Crippen LogP contribution in [-0.2, 0) is 14.8 Å². The molecule has 33 heavy (non-hydrogen) atoms. The van der Waals surface area contributed by atoms with Crippen molar-refractivity contribution in [3.05, 3.63) is 24.2 Å². The predicted molar refractivity (Wildman–Crippen MR) is 126 cm³/mol. The number of benzene rings is 1. The number of fused-ring (bicyclic) bond motifs is 1. The molecule has 1 aliphatic heterocycles. The third-order valence-corrected chi connectivity index (χ3v) is 10.0. The molecule has 3 fully saturated rings. The van der Waals surface area contributed by atoms with Crippen LogP contribution in [0.5, 0.6) is 5.75 Å². The molecule has 5 rings (SSSR count). The van der Waals surface area contributed by atoms with Crippen LogP contribution in [0.15, 0.2) is 34.0 Å². The Morgan fingerprint density at radius 1 is 1.33 bits per heavy atom. The van der Waals surface area contributed by atoms with Crippen LogP contribution >= 0.6 is 11.8 Å². The van der Waals surface area contributed by atoms with Gasteiger partial charge >= 0.3 is 5.97 Å². The number of carbonyl (C=O) groups is 1. The number of rotatable bonds is 9. The van der Waals surface area contributed by atoms with Crippen molar-refractivity contribution in [3.8, 4) is 5.75 Å².